The summed E-state index contributed by atoms with van der Waals surface area (Å²) in [5.74, 6) is 0.414. The molecule has 0 saturated carbocycles. The predicted molar refractivity (Wildman–Crippen MR) is 69.8 cm³/mol. The van der Waals surface area contributed by atoms with Gasteiger partial charge in [-0.1, -0.05) is 36.4 Å². The average molecular weight is 243 g/mol. The fourth-order valence-electron chi connectivity index (χ4n) is 2.03. The van der Waals surface area contributed by atoms with Crippen LogP contribution in [0.4, 0.5) is 0 Å². The fraction of sp³-hybridized carbons (Fsp3) is 0.333. The molecule has 1 aliphatic carbocycles. The van der Waals surface area contributed by atoms with Crippen molar-refractivity contribution in [2.24, 2.45) is 5.92 Å². The molecule has 2 rings (SSSR count). The van der Waals surface area contributed by atoms with Crippen LogP contribution >= 0.6 is 0 Å². The van der Waals surface area contributed by atoms with Crippen molar-refractivity contribution in [3.63, 3.8) is 0 Å². The molecule has 94 valence electrons. The van der Waals surface area contributed by atoms with Crippen molar-refractivity contribution in [1.29, 1.82) is 0 Å². The van der Waals surface area contributed by atoms with E-state index in [1.807, 2.05) is 36.4 Å². The van der Waals surface area contributed by atoms with Crippen LogP contribution < -0.4 is 5.32 Å². The van der Waals surface area contributed by atoms with E-state index in [1.54, 1.807) is 6.08 Å². The molecule has 1 aromatic rings. The molecule has 0 saturated heterocycles. The summed E-state index contributed by atoms with van der Waals surface area (Å²) >= 11 is 0. The summed E-state index contributed by atoms with van der Waals surface area (Å²) in [5.41, 5.74) is 1.10. The van der Waals surface area contributed by atoms with E-state index >= 15 is 0 Å². The molecule has 1 aliphatic rings. The third-order valence-electron chi connectivity index (χ3n) is 3.10. The molecular formula is C15H17NO2. The van der Waals surface area contributed by atoms with Gasteiger partial charge in [-0.3, -0.25) is 9.59 Å². The molecular weight excluding hydrogens is 226 g/mol. The van der Waals surface area contributed by atoms with Gasteiger partial charge in [-0.05, 0) is 24.0 Å². The molecule has 0 spiro atoms. The van der Waals surface area contributed by atoms with Crippen LogP contribution in [0, 0.1) is 5.92 Å². The van der Waals surface area contributed by atoms with E-state index in [2.05, 4.69) is 5.32 Å². The van der Waals surface area contributed by atoms with Crippen LogP contribution in [0.5, 0.6) is 0 Å². The summed E-state index contributed by atoms with van der Waals surface area (Å²) in [6.45, 7) is 0.565. The highest BCUT2D eigenvalue weighted by atomic mass is 16.1. The van der Waals surface area contributed by atoms with Gasteiger partial charge in [0, 0.05) is 19.4 Å². The molecule has 0 bridgehead atoms. The summed E-state index contributed by atoms with van der Waals surface area (Å²) in [6.07, 6.45) is 5.27. The van der Waals surface area contributed by atoms with Gasteiger partial charge in [0.25, 0.3) is 0 Å². The Morgan fingerprint density at radius 1 is 1.28 bits per heavy atom. The highest BCUT2D eigenvalue weighted by Crippen LogP contribution is 2.18. The maximum Gasteiger partial charge on any atom is 0.220 e. The lowest BCUT2D eigenvalue weighted by Gasteiger charge is -2.15. The van der Waals surface area contributed by atoms with E-state index in [0.717, 1.165) is 12.0 Å². The van der Waals surface area contributed by atoms with Crippen molar-refractivity contribution in [1.82, 2.24) is 5.32 Å². The van der Waals surface area contributed by atoms with Crippen LogP contribution in [0.15, 0.2) is 42.5 Å². The molecule has 1 amide bonds. The van der Waals surface area contributed by atoms with Gasteiger partial charge < -0.3 is 5.32 Å². The Labute approximate surface area is 107 Å². The van der Waals surface area contributed by atoms with Crippen LogP contribution in [0.3, 0.4) is 0 Å². The monoisotopic (exact) mass is 243 g/mol. The Balaban J connectivity index is 1.76. The Bertz CT molecular complexity index is 451. The minimum absolute atomic E-state index is 0.0443. The molecule has 3 heteroatoms. The minimum Gasteiger partial charge on any atom is -0.352 e. The van der Waals surface area contributed by atoms with Gasteiger partial charge in [0.15, 0.2) is 5.78 Å². The van der Waals surface area contributed by atoms with Gasteiger partial charge in [-0.15, -0.1) is 0 Å². The third kappa shape index (κ3) is 3.84. The van der Waals surface area contributed by atoms with E-state index in [0.29, 0.717) is 19.4 Å². The summed E-state index contributed by atoms with van der Waals surface area (Å²) in [4.78, 5) is 22.8. The van der Waals surface area contributed by atoms with Crippen LogP contribution in [-0.2, 0) is 16.1 Å². The van der Waals surface area contributed by atoms with Crippen molar-refractivity contribution in [3.8, 4) is 0 Å². The van der Waals surface area contributed by atoms with Crippen molar-refractivity contribution >= 4 is 11.7 Å². The molecule has 1 N–H and O–H groups in total. The van der Waals surface area contributed by atoms with E-state index < -0.39 is 0 Å². The quantitative estimate of drug-likeness (QED) is 0.881. The van der Waals surface area contributed by atoms with Gasteiger partial charge in [-0.2, -0.15) is 0 Å². The maximum absolute atomic E-state index is 11.7. The van der Waals surface area contributed by atoms with Gasteiger partial charge >= 0.3 is 0 Å². The highest BCUT2D eigenvalue weighted by Gasteiger charge is 2.16. The van der Waals surface area contributed by atoms with E-state index in [9.17, 15) is 9.59 Å². The summed E-state index contributed by atoms with van der Waals surface area (Å²) < 4.78 is 0. The summed E-state index contributed by atoms with van der Waals surface area (Å²) in [7, 11) is 0. The first kappa shape index (κ1) is 12.6. The fourth-order valence-corrected chi connectivity index (χ4v) is 2.03. The topological polar surface area (TPSA) is 46.2 Å². The van der Waals surface area contributed by atoms with Crippen LogP contribution in [-0.4, -0.2) is 11.7 Å². The second kappa shape index (κ2) is 6.15. The first-order valence-corrected chi connectivity index (χ1v) is 6.25. The van der Waals surface area contributed by atoms with Crippen molar-refractivity contribution in [3.05, 3.63) is 48.0 Å². The third-order valence-corrected chi connectivity index (χ3v) is 3.10. The summed E-state index contributed by atoms with van der Waals surface area (Å²) in [5, 5.41) is 2.90. The first-order chi connectivity index (χ1) is 8.74. The SMILES string of the molecule is O=C1C=CC(CC(=O)NCc2ccccc2)CC1. The smallest absolute Gasteiger partial charge is 0.220 e. The Morgan fingerprint density at radius 2 is 2.06 bits per heavy atom. The zero-order valence-corrected chi connectivity index (χ0v) is 10.3. The maximum atomic E-state index is 11.7. The number of hydrogen-bond donors (Lipinski definition) is 1. The van der Waals surface area contributed by atoms with Crippen LogP contribution in [0.1, 0.15) is 24.8 Å². The lowest BCUT2D eigenvalue weighted by Crippen LogP contribution is -2.25. The number of carbonyl (C=O) groups is 2. The highest BCUT2D eigenvalue weighted by molar-refractivity contribution is 5.90. The normalized spacial score (nSPS) is 18.7. The van der Waals surface area contributed by atoms with Crippen molar-refractivity contribution in [2.75, 3.05) is 0 Å². The Morgan fingerprint density at radius 3 is 2.72 bits per heavy atom. The van der Waals surface area contributed by atoms with Crippen molar-refractivity contribution < 1.29 is 9.59 Å². The number of nitrogens with one attached hydrogen (secondary N) is 1. The molecule has 0 heterocycles. The second-order valence-corrected chi connectivity index (χ2v) is 4.59. The number of ketones is 1. The summed E-state index contributed by atoms with van der Waals surface area (Å²) in [6, 6.07) is 9.84. The number of allylic oxidation sites excluding steroid dienone is 2. The molecule has 1 aromatic carbocycles. The predicted octanol–water partition coefficient (Wildman–Crippen LogP) is 2.23. The largest absolute Gasteiger partial charge is 0.352 e. The van der Waals surface area contributed by atoms with E-state index in [1.165, 1.54) is 0 Å². The zero-order valence-electron chi connectivity index (χ0n) is 10.3. The molecule has 1 unspecified atom stereocenters. The Hall–Kier alpha value is -1.90. The minimum atomic E-state index is 0.0443. The van der Waals surface area contributed by atoms with Gasteiger partial charge in [0.2, 0.25) is 5.91 Å². The number of amides is 1. The first-order valence-electron chi connectivity index (χ1n) is 6.25. The number of rotatable bonds is 4. The average Bonchev–Trinajstić information content (AvgIpc) is 2.40. The number of hydrogen-bond acceptors (Lipinski definition) is 2. The molecule has 1 atom stereocenters. The van der Waals surface area contributed by atoms with Crippen LogP contribution in [0.2, 0.25) is 0 Å². The van der Waals surface area contributed by atoms with Gasteiger partial charge in [0.05, 0.1) is 0 Å². The second-order valence-electron chi connectivity index (χ2n) is 4.59. The van der Waals surface area contributed by atoms with E-state index in [4.69, 9.17) is 0 Å². The molecule has 18 heavy (non-hydrogen) atoms. The van der Waals surface area contributed by atoms with Gasteiger partial charge in [-0.25, -0.2) is 0 Å². The lowest BCUT2D eigenvalue weighted by atomic mass is 9.92. The van der Waals surface area contributed by atoms with Crippen molar-refractivity contribution in [2.45, 2.75) is 25.8 Å². The molecule has 0 fully saturated rings. The number of carbonyl (C=O) groups excluding carboxylic acids is 2. The Kier molecular flexibility index (Phi) is 4.29. The lowest BCUT2D eigenvalue weighted by molar-refractivity contribution is -0.122. The molecule has 0 aromatic heterocycles. The van der Waals surface area contributed by atoms with E-state index in [-0.39, 0.29) is 17.6 Å². The molecule has 0 aliphatic heterocycles. The van der Waals surface area contributed by atoms with Gasteiger partial charge in [0.1, 0.15) is 0 Å². The molecule has 3 nitrogen and oxygen atoms in total. The zero-order chi connectivity index (χ0) is 12.8. The molecule has 0 radical (unpaired) electrons. The number of benzene rings is 1. The standard InChI is InChI=1S/C15H17NO2/c17-14-8-6-12(7-9-14)10-15(18)16-11-13-4-2-1-3-5-13/h1-6,8,12H,7,9-11H2,(H,16,18). The van der Waals surface area contributed by atoms with Crippen LogP contribution in [0.25, 0.3) is 0 Å².